The highest BCUT2D eigenvalue weighted by molar-refractivity contribution is 5.72. The molecule has 0 aliphatic carbocycles. The molecule has 4 unspecified atom stereocenters. The lowest BCUT2D eigenvalue weighted by atomic mass is 9.93. The summed E-state index contributed by atoms with van der Waals surface area (Å²) in [5.41, 5.74) is 5.84. The molecule has 5 nitrogen and oxygen atoms in total. The van der Waals surface area contributed by atoms with E-state index in [1.807, 2.05) is 6.92 Å². The van der Waals surface area contributed by atoms with Crippen molar-refractivity contribution in [3.63, 3.8) is 0 Å². The fourth-order valence-corrected chi connectivity index (χ4v) is 2.68. The first kappa shape index (κ1) is 15.4. The summed E-state index contributed by atoms with van der Waals surface area (Å²) >= 11 is 0. The fourth-order valence-electron chi connectivity index (χ4n) is 2.68. The van der Waals surface area contributed by atoms with Crippen molar-refractivity contribution in [2.45, 2.75) is 44.9 Å². The zero-order chi connectivity index (χ0) is 13.7. The second-order valence-corrected chi connectivity index (χ2v) is 5.06. The Kier molecular flexibility index (Phi) is 6.05. The Balaban J connectivity index is 2.66. The summed E-state index contributed by atoms with van der Waals surface area (Å²) < 4.78 is 10.2. The lowest BCUT2D eigenvalue weighted by Crippen LogP contribution is -2.54. The van der Waals surface area contributed by atoms with Crippen LogP contribution in [0, 0.1) is 5.92 Å². The minimum Gasteiger partial charge on any atom is -0.469 e. The molecule has 0 bridgehead atoms. The summed E-state index contributed by atoms with van der Waals surface area (Å²) in [6.07, 6.45) is 2.21. The number of methoxy groups -OCH3 is 2. The molecular weight excluding hydrogens is 232 g/mol. The third kappa shape index (κ3) is 3.43. The third-order valence-corrected chi connectivity index (χ3v) is 4.14. The molecule has 1 aliphatic heterocycles. The number of ether oxygens (including phenoxy) is 2. The SMILES string of the molecule is COC(=O)C(C)C(C)N1CCC(OC)CC1CN. The normalized spacial score (nSPS) is 28.7. The lowest BCUT2D eigenvalue weighted by molar-refractivity contribution is -0.148. The van der Waals surface area contributed by atoms with E-state index in [2.05, 4.69) is 11.8 Å². The Morgan fingerprint density at radius 1 is 1.44 bits per heavy atom. The Morgan fingerprint density at radius 2 is 2.11 bits per heavy atom. The summed E-state index contributed by atoms with van der Waals surface area (Å²) in [4.78, 5) is 13.9. The first-order valence-corrected chi connectivity index (χ1v) is 6.61. The van der Waals surface area contributed by atoms with E-state index >= 15 is 0 Å². The van der Waals surface area contributed by atoms with Gasteiger partial charge in [0.05, 0.1) is 19.1 Å². The van der Waals surface area contributed by atoms with Gasteiger partial charge in [0.25, 0.3) is 0 Å². The number of nitrogens with zero attached hydrogens (tertiary/aromatic N) is 1. The van der Waals surface area contributed by atoms with Gasteiger partial charge in [0.2, 0.25) is 0 Å². The zero-order valence-electron chi connectivity index (χ0n) is 11.9. The standard InChI is InChI=1S/C13H26N2O3/c1-9(13(16)18-4)10(2)15-6-5-12(17-3)7-11(15)8-14/h9-12H,5-8,14H2,1-4H3. The molecule has 1 saturated heterocycles. The summed E-state index contributed by atoms with van der Waals surface area (Å²) in [7, 11) is 3.18. The van der Waals surface area contributed by atoms with Crippen LogP contribution >= 0.6 is 0 Å². The minimum absolute atomic E-state index is 0.136. The second-order valence-electron chi connectivity index (χ2n) is 5.06. The van der Waals surface area contributed by atoms with Gasteiger partial charge in [0.15, 0.2) is 0 Å². The molecule has 106 valence electrons. The van der Waals surface area contributed by atoms with Gasteiger partial charge in [-0.2, -0.15) is 0 Å². The van der Waals surface area contributed by atoms with Crippen LogP contribution in [0.4, 0.5) is 0 Å². The van der Waals surface area contributed by atoms with Crippen LogP contribution in [0.2, 0.25) is 0 Å². The van der Waals surface area contributed by atoms with E-state index in [-0.39, 0.29) is 30.1 Å². The molecule has 2 N–H and O–H groups in total. The maximum atomic E-state index is 11.6. The topological polar surface area (TPSA) is 64.8 Å². The fraction of sp³-hybridized carbons (Fsp3) is 0.923. The molecule has 0 aromatic heterocycles. The van der Waals surface area contributed by atoms with Crippen LogP contribution in [-0.4, -0.2) is 56.4 Å². The van der Waals surface area contributed by atoms with Gasteiger partial charge < -0.3 is 15.2 Å². The van der Waals surface area contributed by atoms with Crippen molar-refractivity contribution in [2.24, 2.45) is 11.7 Å². The molecule has 18 heavy (non-hydrogen) atoms. The Morgan fingerprint density at radius 3 is 2.61 bits per heavy atom. The van der Waals surface area contributed by atoms with E-state index in [4.69, 9.17) is 15.2 Å². The molecule has 0 amide bonds. The van der Waals surface area contributed by atoms with E-state index in [1.54, 1.807) is 7.11 Å². The van der Waals surface area contributed by atoms with Crippen LogP contribution in [0.25, 0.3) is 0 Å². The van der Waals surface area contributed by atoms with Crippen molar-refractivity contribution in [1.29, 1.82) is 0 Å². The van der Waals surface area contributed by atoms with Crippen LogP contribution in [0.15, 0.2) is 0 Å². The number of carbonyl (C=O) groups is 1. The number of nitrogens with two attached hydrogens (primary N) is 1. The Hall–Kier alpha value is -0.650. The monoisotopic (exact) mass is 258 g/mol. The van der Waals surface area contributed by atoms with Crippen LogP contribution in [-0.2, 0) is 14.3 Å². The van der Waals surface area contributed by atoms with E-state index in [0.717, 1.165) is 19.4 Å². The molecule has 1 fully saturated rings. The molecule has 1 heterocycles. The van der Waals surface area contributed by atoms with Gasteiger partial charge >= 0.3 is 5.97 Å². The highest BCUT2D eigenvalue weighted by Crippen LogP contribution is 2.24. The van der Waals surface area contributed by atoms with Gasteiger partial charge in [0.1, 0.15) is 0 Å². The molecule has 5 heteroatoms. The van der Waals surface area contributed by atoms with Crippen molar-refractivity contribution >= 4 is 5.97 Å². The van der Waals surface area contributed by atoms with Crippen LogP contribution in [0.1, 0.15) is 26.7 Å². The first-order valence-electron chi connectivity index (χ1n) is 6.61. The number of hydrogen-bond acceptors (Lipinski definition) is 5. The van der Waals surface area contributed by atoms with Crippen LogP contribution < -0.4 is 5.73 Å². The summed E-state index contributed by atoms with van der Waals surface area (Å²) in [6.45, 7) is 5.49. The van der Waals surface area contributed by atoms with Crippen LogP contribution in [0.5, 0.6) is 0 Å². The van der Waals surface area contributed by atoms with E-state index < -0.39 is 0 Å². The lowest BCUT2D eigenvalue weighted by Gasteiger charge is -2.43. The predicted octanol–water partition coefficient (Wildman–Crippen LogP) is 0.622. The molecule has 1 rings (SSSR count). The maximum absolute atomic E-state index is 11.6. The van der Waals surface area contributed by atoms with Crippen molar-refractivity contribution in [1.82, 2.24) is 4.90 Å². The van der Waals surface area contributed by atoms with Crippen molar-refractivity contribution in [3.8, 4) is 0 Å². The zero-order valence-corrected chi connectivity index (χ0v) is 11.9. The van der Waals surface area contributed by atoms with Gasteiger partial charge in [-0.3, -0.25) is 9.69 Å². The highest BCUT2D eigenvalue weighted by Gasteiger charge is 2.34. The average Bonchev–Trinajstić information content (AvgIpc) is 2.43. The number of rotatable bonds is 5. The predicted molar refractivity (Wildman–Crippen MR) is 70.2 cm³/mol. The summed E-state index contributed by atoms with van der Waals surface area (Å²) in [6, 6.07) is 0.426. The van der Waals surface area contributed by atoms with Gasteiger partial charge in [-0.15, -0.1) is 0 Å². The highest BCUT2D eigenvalue weighted by atomic mass is 16.5. The summed E-state index contributed by atoms with van der Waals surface area (Å²) in [5.74, 6) is -0.296. The van der Waals surface area contributed by atoms with Gasteiger partial charge in [0, 0.05) is 32.3 Å². The number of hydrogen-bond donors (Lipinski definition) is 1. The number of carbonyl (C=O) groups excluding carboxylic acids is 1. The van der Waals surface area contributed by atoms with Gasteiger partial charge in [-0.1, -0.05) is 6.92 Å². The Bertz CT molecular complexity index is 273. The quantitative estimate of drug-likeness (QED) is 0.732. The van der Waals surface area contributed by atoms with E-state index in [0.29, 0.717) is 6.54 Å². The number of piperidine rings is 1. The maximum Gasteiger partial charge on any atom is 0.309 e. The molecule has 0 radical (unpaired) electrons. The first-order chi connectivity index (χ1) is 8.54. The van der Waals surface area contributed by atoms with E-state index in [1.165, 1.54) is 7.11 Å². The number of likely N-dealkylation sites (tertiary alicyclic amines) is 1. The van der Waals surface area contributed by atoms with E-state index in [9.17, 15) is 4.79 Å². The van der Waals surface area contributed by atoms with Gasteiger partial charge in [-0.25, -0.2) is 0 Å². The molecule has 0 spiro atoms. The van der Waals surface area contributed by atoms with Crippen molar-refractivity contribution < 1.29 is 14.3 Å². The minimum atomic E-state index is -0.160. The largest absolute Gasteiger partial charge is 0.469 e. The second kappa shape index (κ2) is 7.07. The smallest absolute Gasteiger partial charge is 0.309 e. The molecule has 0 saturated carbocycles. The number of esters is 1. The average molecular weight is 258 g/mol. The molecule has 0 aromatic rings. The molecule has 4 atom stereocenters. The molecule has 0 aromatic carbocycles. The van der Waals surface area contributed by atoms with Crippen molar-refractivity contribution in [2.75, 3.05) is 27.3 Å². The van der Waals surface area contributed by atoms with Crippen molar-refractivity contribution in [3.05, 3.63) is 0 Å². The molecular formula is C13H26N2O3. The Labute approximate surface area is 110 Å². The van der Waals surface area contributed by atoms with Gasteiger partial charge in [-0.05, 0) is 19.8 Å². The molecule has 1 aliphatic rings. The summed E-state index contributed by atoms with van der Waals surface area (Å²) in [5, 5.41) is 0. The third-order valence-electron chi connectivity index (χ3n) is 4.14. The van der Waals surface area contributed by atoms with Crippen LogP contribution in [0.3, 0.4) is 0 Å².